The summed E-state index contributed by atoms with van der Waals surface area (Å²) in [5, 5.41) is 5.52. The van der Waals surface area contributed by atoms with Crippen molar-refractivity contribution in [3.63, 3.8) is 0 Å². The van der Waals surface area contributed by atoms with Crippen LogP contribution >= 0.6 is 0 Å². The highest BCUT2D eigenvalue weighted by atomic mass is 32.2. The highest BCUT2D eigenvalue weighted by Crippen LogP contribution is 2.13. The van der Waals surface area contributed by atoms with E-state index in [1.807, 2.05) is 0 Å². The van der Waals surface area contributed by atoms with Crippen molar-refractivity contribution in [3.05, 3.63) is 36.9 Å². The summed E-state index contributed by atoms with van der Waals surface area (Å²) in [5.74, 6) is 0.00909. The zero-order valence-corrected chi connectivity index (χ0v) is 13.6. The molecule has 1 unspecified atom stereocenters. The lowest BCUT2D eigenvalue weighted by Crippen LogP contribution is -3.14. The minimum Gasteiger partial charge on any atom is -0.326 e. The van der Waals surface area contributed by atoms with E-state index in [1.54, 1.807) is 6.08 Å². The number of benzene rings is 1. The number of hydrogen-bond donors (Lipinski definition) is 4. The maximum atomic E-state index is 12.3. The van der Waals surface area contributed by atoms with E-state index in [4.69, 9.17) is 0 Å². The Hall–Kier alpha value is -2.39. The predicted octanol–water partition coefficient (Wildman–Crippen LogP) is -1.13. The third kappa shape index (κ3) is 4.80. The maximum Gasteiger partial charge on any atom is 0.264 e. The molecule has 0 aliphatic carbocycles. The minimum atomic E-state index is -3.72. The van der Waals surface area contributed by atoms with Crippen LogP contribution in [0.1, 0.15) is 6.92 Å². The van der Waals surface area contributed by atoms with E-state index in [0.717, 1.165) is 11.4 Å². The molecule has 124 valence electrons. The minimum absolute atomic E-state index is 0.0944. The molecule has 0 radical (unpaired) electrons. The van der Waals surface area contributed by atoms with Gasteiger partial charge in [-0.15, -0.1) is 0 Å². The van der Waals surface area contributed by atoms with E-state index >= 15 is 0 Å². The first-order chi connectivity index (χ1) is 10.9. The van der Waals surface area contributed by atoms with Gasteiger partial charge >= 0.3 is 0 Å². The summed E-state index contributed by atoms with van der Waals surface area (Å²) in [7, 11) is -3.72. The molecule has 1 aliphatic heterocycles. The Bertz CT molecular complexity index is 712. The third-order valence-corrected chi connectivity index (χ3v) is 4.47. The lowest BCUT2D eigenvalue weighted by atomic mass is 10.3. The lowest BCUT2D eigenvalue weighted by Gasteiger charge is -2.23. The number of hydrogen-bond acceptors (Lipinski definition) is 5. The van der Waals surface area contributed by atoms with Crippen molar-refractivity contribution in [2.45, 2.75) is 11.8 Å². The number of guanidine groups is 1. The molecular formula is C14H20N5O3S+. The van der Waals surface area contributed by atoms with Crippen molar-refractivity contribution in [3.8, 4) is 0 Å². The molecule has 1 amide bonds. The summed E-state index contributed by atoms with van der Waals surface area (Å²) < 4.78 is 27.0. The standard InChI is InChI=1S/C14H19N5O3S/c1-3-8-19-9-15-14(16-10-19)18-23(21,22)13-6-4-12(5-7-13)17-11(2)20/h3-7H,1,8-10H2,2H3,(H,17,20)(H2,15,16,18)/p+1. The van der Waals surface area contributed by atoms with Crippen molar-refractivity contribution >= 4 is 27.6 Å². The number of quaternary nitrogens is 1. The molecule has 8 nitrogen and oxygen atoms in total. The number of nitrogens with zero attached hydrogens (tertiary/aromatic N) is 1. The fraction of sp³-hybridized carbons (Fsp3) is 0.286. The molecule has 0 fully saturated rings. The molecule has 23 heavy (non-hydrogen) atoms. The molecule has 9 heteroatoms. The van der Waals surface area contributed by atoms with Gasteiger partial charge in [0.2, 0.25) is 11.9 Å². The first kappa shape index (κ1) is 17.0. The highest BCUT2D eigenvalue weighted by Gasteiger charge is 2.20. The van der Waals surface area contributed by atoms with E-state index in [-0.39, 0.29) is 16.8 Å². The van der Waals surface area contributed by atoms with Crippen LogP contribution in [-0.2, 0) is 14.8 Å². The smallest absolute Gasteiger partial charge is 0.264 e. The van der Waals surface area contributed by atoms with Gasteiger partial charge in [0.25, 0.3) is 10.0 Å². The van der Waals surface area contributed by atoms with Crippen molar-refractivity contribution in [2.75, 3.05) is 25.2 Å². The van der Waals surface area contributed by atoms with Crippen molar-refractivity contribution in [1.29, 1.82) is 0 Å². The molecule has 1 aromatic carbocycles. The van der Waals surface area contributed by atoms with Crippen molar-refractivity contribution in [2.24, 2.45) is 4.99 Å². The Morgan fingerprint density at radius 2 is 2.13 bits per heavy atom. The Kier molecular flexibility index (Phi) is 5.35. The SMILES string of the molecule is C=CC[NH+]1CN=C(NS(=O)(=O)c2ccc(NC(C)=O)cc2)NC1. The maximum absolute atomic E-state index is 12.3. The van der Waals surface area contributed by atoms with Crippen LogP contribution in [-0.4, -0.2) is 40.2 Å². The Morgan fingerprint density at radius 1 is 1.43 bits per heavy atom. The normalized spacial score (nSPS) is 17.6. The van der Waals surface area contributed by atoms with Gasteiger partial charge in [-0.2, -0.15) is 4.99 Å². The average molecular weight is 338 g/mol. The lowest BCUT2D eigenvalue weighted by molar-refractivity contribution is -0.897. The number of carbonyl (C=O) groups is 1. The first-order valence-electron chi connectivity index (χ1n) is 7.04. The molecule has 0 saturated carbocycles. The van der Waals surface area contributed by atoms with Crippen LogP contribution in [0.4, 0.5) is 5.69 Å². The first-order valence-corrected chi connectivity index (χ1v) is 8.52. The van der Waals surface area contributed by atoms with Crippen LogP contribution in [0, 0.1) is 0 Å². The second kappa shape index (κ2) is 7.25. The van der Waals surface area contributed by atoms with E-state index in [1.165, 1.54) is 31.2 Å². The molecule has 1 atom stereocenters. The largest absolute Gasteiger partial charge is 0.326 e. The van der Waals surface area contributed by atoms with Gasteiger partial charge in [-0.1, -0.05) is 6.58 Å². The summed E-state index contributed by atoms with van der Waals surface area (Å²) in [6.07, 6.45) is 1.79. The van der Waals surface area contributed by atoms with Crippen LogP contribution in [0.5, 0.6) is 0 Å². The third-order valence-electron chi connectivity index (χ3n) is 3.12. The monoisotopic (exact) mass is 338 g/mol. The summed E-state index contributed by atoms with van der Waals surface area (Å²) in [6.45, 7) is 6.83. The Balaban J connectivity index is 2.04. The topological polar surface area (TPSA) is 104 Å². The number of rotatable bonds is 5. The number of nitrogens with one attached hydrogen (secondary N) is 4. The van der Waals surface area contributed by atoms with Crippen LogP contribution in [0.15, 0.2) is 46.8 Å². The number of amides is 1. The van der Waals surface area contributed by atoms with Gasteiger partial charge in [0, 0.05) is 12.6 Å². The van der Waals surface area contributed by atoms with Gasteiger partial charge in [0.05, 0.1) is 11.4 Å². The molecule has 0 aromatic heterocycles. The molecule has 2 rings (SSSR count). The summed E-state index contributed by atoms with van der Waals surface area (Å²) >= 11 is 0. The Labute approximate surface area is 135 Å². The van der Waals surface area contributed by atoms with Crippen molar-refractivity contribution < 1.29 is 18.1 Å². The van der Waals surface area contributed by atoms with E-state index < -0.39 is 10.0 Å². The molecule has 1 heterocycles. The fourth-order valence-electron chi connectivity index (χ4n) is 2.03. The van der Waals surface area contributed by atoms with E-state index in [0.29, 0.717) is 19.0 Å². The second-order valence-corrected chi connectivity index (χ2v) is 6.75. The Morgan fingerprint density at radius 3 is 2.65 bits per heavy atom. The summed E-state index contributed by atoms with van der Waals surface area (Å²) in [5.41, 5.74) is 0.535. The highest BCUT2D eigenvalue weighted by molar-refractivity contribution is 7.90. The fourth-order valence-corrected chi connectivity index (χ4v) is 3.03. The van der Waals surface area contributed by atoms with Crippen LogP contribution in [0.3, 0.4) is 0 Å². The van der Waals surface area contributed by atoms with Gasteiger partial charge in [0.15, 0.2) is 13.3 Å². The van der Waals surface area contributed by atoms with Crippen molar-refractivity contribution in [1.82, 2.24) is 10.0 Å². The quantitative estimate of drug-likeness (QED) is 0.510. The summed E-state index contributed by atoms with van der Waals surface area (Å²) in [4.78, 5) is 16.4. The molecule has 4 N–H and O–H groups in total. The number of carbonyl (C=O) groups excluding carboxylic acids is 1. The molecule has 1 aliphatic rings. The van der Waals surface area contributed by atoms with E-state index in [9.17, 15) is 13.2 Å². The molecule has 0 bridgehead atoms. The number of sulfonamides is 1. The number of aliphatic imine (C=N–C) groups is 1. The van der Waals surface area contributed by atoms with Gasteiger partial charge in [0.1, 0.15) is 0 Å². The van der Waals surface area contributed by atoms with Gasteiger partial charge < -0.3 is 10.6 Å². The zero-order chi connectivity index (χ0) is 16.9. The van der Waals surface area contributed by atoms with Gasteiger partial charge in [-0.3, -0.25) is 9.69 Å². The van der Waals surface area contributed by atoms with Crippen LogP contribution in [0.25, 0.3) is 0 Å². The van der Waals surface area contributed by atoms with Gasteiger partial charge in [-0.05, 0) is 30.3 Å². The predicted molar refractivity (Wildman–Crippen MR) is 87.4 cm³/mol. The van der Waals surface area contributed by atoms with E-state index in [2.05, 4.69) is 26.9 Å². The molecule has 1 aromatic rings. The molecular weight excluding hydrogens is 318 g/mol. The average Bonchev–Trinajstić information content (AvgIpc) is 2.49. The second-order valence-electron chi connectivity index (χ2n) is 5.07. The molecule has 0 saturated heterocycles. The summed E-state index contributed by atoms with van der Waals surface area (Å²) in [6, 6.07) is 5.91. The number of anilines is 1. The van der Waals surface area contributed by atoms with Crippen LogP contribution < -0.4 is 20.3 Å². The van der Waals surface area contributed by atoms with Crippen LogP contribution in [0.2, 0.25) is 0 Å². The van der Waals surface area contributed by atoms with Gasteiger partial charge in [-0.25, -0.2) is 13.1 Å². The zero-order valence-electron chi connectivity index (χ0n) is 12.8. The molecule has 0 spiro atoms.